The number of carbonyl (C=O) groups excluding carboxylic acids is 1. The molecule has 0 aliphatic heterocycles. The Balaban J connectivity index is 1.88. The van der Waals surface area contributed by atoms with Crippen molar-refractivity contribution < 1.29 is 9.18 Å². The van der Waals surface area contributed by atoms with Gasteiger partial charge in [0.2, 0.25) is 0 Å². The number of anilines is 1. The lowest BCUT2D eigenvalue weighted by atomic mass is 10.3. The maximum absolute atomic E-state index is 13.8. The number of amides is 1. The van der Waals surface area contributed by atoms with Crippen LogP contribution in [-0.2, 0) is 7.05 Å². The number of benzene rings is 1. The number of rotatable bonds is 3. The van der Waals surface area contributed by atoms with E-state index in [-0.39, 0.29) is 22.6 Å². The fourth-order valence-electron chi connectivity index (χ4n) is 2.16. The molecule has 3 aromatic rings. The SMILES string of the molecule is Cn1cc(Br)cc(NC(=O)c2ccn(-c3ccccc3F)n2)c1=O. The summed E-state index contributed by atoms with van der Waals surface area (Å²) >= 11 is 3.26. The minimum absolute atomic E-state index is 0.0697. The first-order chi connectivity index (χ1) is 11.5. The summed E-state index contributed by atoms with van der Waals surface area (Å²) in [5.74, 6) is -1.01. The van der Waals surface area contributed by atoms with E-state index < -0.39 is 11.7 Å². The summed E-state index contributed by atoms with van der Waals surface area (Å²) in [7, 11) is 1.58. The van der Waals surface area contributed by atoms with E-state index in [4.69, 9.17) is 0 Å². The fraction of sp³-hybridized carbons (Fsp3) is 0.0625. The number of hydrogen-bond acceptors (Lipinski definition) is 3. The highest BCUT2D eigenvalue weighted by atomic mass is 79.9. The Morgan fingerprint density at radius 3 is 2.79 bits per heavy atom. The van der Waals surface area contributed by atoms with Crippen LogP contribution in [0.2, 0.25) is 0 Å². The lowest BCUT2D eigenvalue weighted by Gasteiger charge is -2.06. The first kappa shape index (κ1) is 16.1. The summed E-state index contributed by atoms with van der Waals surface area (Å²) in [4.78, 5) is 24.3. The number of hydrogen-bond donors (Lipinski definition) is 1. The van der Waals surface area contributed by atoms with E-state index in [1.54, 1.807) is 31.4 Å². The van der Waals surface area contributed by atoms with E-state index in [0.717, 1.165) is 0 Å². The topological polar surface area (TPSA) is 68.9 Å². The van der Waals surface area contributed by atoms with Crippen LogP contribution in [0.5, 0.6) is 0 Å². The lowest BCUT2D eigenvalue weighted by Crippen LogP contribution is -2.24. The standard InChI is InChI=1S/C16H12BrFN4O2/c1-21-9-10(17)8-13(16(21)24)19-15(23)12-6-7-22(20-12)14-5-3-2-4-11(14)18/h2-9H,1H3,(H,19,23). The molecule has 2 aromatic heterocycles. The van der Waals surface area contributed by atoms with Gasteiger partial charge < -0.3 is 9.88 Å². The zero-order valence-electron chi connectivity index (χ0n) is 12.5. The van der Waals surface area contributed by atoms with Crippen molar-refractivity contribution in [1.29, 1.82) is 0 Å². The average molecular weight is 391 g/mol. The van der Waals surface area contributed by atoms with Crippen molar-refractivity contribution in [2.45, 2.75) is 0 Å². The van der Waals surface area contributed by atoms with Gasteiger partial charge in [0.1, 0.15) is 17.2 Å². The minimum atomic E-state index is -0.555. The van der Waals surface area contributed by atoms with Crippen LogP contribution in [0, 0.1) is 5.82 Å². The fourth-order valence-corrected chi connectivity index (χ4v) is 2.70. The third-order valence-corrected chi connectivity index (χ3v) is 3.75. The Hall–Kier alpha value is -2.74. The van der Waals surface area contributed by atoms with Crippen molar-refractivity contribution in [3.63, 3.8) is 0 Å². The average Bonchev–Trinajstić information content (AvgIpc) is 3.02. The normalized spacial score (nSPS) is 10.6. The molecular formula is C16H12BrFN4O2. The Bertz CT molecular complexity index is 980. The Morgan fingerprint density at radius 2 is 2.04 bits per heavy atom. The molecule has 0 aliphatic carbocycles. The number of carbonyl (C=O) groups is 1. The highest BCUT2D eigenvalue weighted by Crippen LogP contribution is 2.14. The molecule has 6 nitrogen and oxygen atoms in total. The largest absolute Gasteiger partial charge is 0.316 e. The van der Waals surface area contributed by atoms with Crippen LogP contribution in [0.1, 0.15) is 10.5 Å². The monoisotopic (exact) mass is 390 g/mol. The summed E-state index contributed by atoms with van der Waals surface area (Å²) in [6.07, 6.45) is 3.07. The van der Waals surface area contributed by atoms with Gasteiger partial charge in [0, 0.05) is 23.9 Å². The van der Waals surface area contributed by atoms with Gasteiger partial charge in [-0.1, -0.05) is 12.1 Å². The predicted octanol–water partition coefficient (Wildman–Crippen LogP) is 2.72. The lowest BCUT2D eigenvalue weighted by molar-refractivity contribution is 0.102. The number of aryl methyl sites for hydroxylation is 1. The van der Waals surface area contributed by atoms with Crippen LogP contribution < -0.4 is 10.9 Å². The molecule has 122 valence electrons. The molecule has 3 rings (SSSR count). The van der Waals surface area contributed by atoms with Gasteiger partial charge in [-0.2, -0.15) is 5.10 Å². The molecule has 1 aromatic carbocycles. The second kappa shape index (κ2) is 6.40. The van der Waals surface area contributed by atoms with Gasteiger partial charge in [0.25, 0.3) is 11.5 Å². The van der Waals surface area contributed by atoms with E-state index in [0.29, 0.717) is 4.47 Å². The molecule has 8 heteroatoms. The number of nitrogens with zero attached hydrogens (tertiary/aromatic N) is 3. The van der Waals surface area contributed by atoms with Gasteiger partial charge in [-0.05, 0) is 40.2 Å². The van der Waals surface area contributed by atoms with Crippen molar-refractivity contribution in [2.75, 3.05) is 5.32 Å². The summed E-state index contributed by atoms with van der Waals surface area (Å²) < 4.78 is 17.0. The van der Waals surface area contributed by atoms with Crippen molar-refractivity contribution in [3.05, 3.63) is 75.1 Å². The second-order valence-electron chi connectivity index (χ2n) is 5.04. The van der Waals surface area contributed by atoms with E-state index in [2.05, 4.69) is 26.3 Å². The van der Waals surface area contributed by atoms with Gasteiger partial charge in [0.05, 0.1) is 0 Å². The molecule has 0 bridgehead atoms. The molecule has 0 atom stereocenters. The molecule has 2 heterocycles. The summed E-state index contributed by atoms with van der Waals surface area (Å²) in [5, 5.41) is 6.57. The summed E-state index contributed by atoms with van der Waals surface area (Å²) in [5.41, 5.74) is 0.0765. The van der Waals surface area contributed by atoms with E-state index in [1.807, 2.05) is 0 Å². The van der Waals surface area contributed by atoms with Gasteiger partial charge in [0.15, 0.2) is 5.69 Å². The van der Waals surface area contributed by atoms with E-state index in [9.17, 15) is 14.0 Å². The van der Waals surface area contributed by atoms with Crippen LogP contribution in [-0.4, -0.2) is 20.3 Å². The molecular weight excluding hydrogens is 379 g/mol. The van der Waals surface area contributed by atoms with Crippen LogP contribution in [0.25, 0.3) is 5.69 Å². The molecule has 0 radical (unpaired) electrons. The quantitative estimate of drug-likeness (QED) is 0.747. The minimum Gasteiger partial charge on any atom is -0.316 e. The molecule has 1 amide bonds. The maximum Gasteiger partial charge on any atom is 0.276 e. The van der Waals surface area contributed by atoms with Crippen LogP contribution >= 0.6 is 15.9 Å². The Labute approximate surface area is 144 Å². The second-order valence-corrected chi connectivity index (χ2v) is 5.95. The number of aromatic nitrogens is 3. The predicted molar refractivity (Wildman–Crippen MR) is 90.9 cm³/mol. The number of nitrogens with one attached hydrogen (secondary N) is 1. The zero-order valence-corrected chi connectivity index (χ0v) is 14.1. The smallest absolute Gasteiger partial charge is 0.276 e. The van der Waals surface area contributed by atoms with E-state index in [1.165, 1.54) is 33.6 Å². The van der Waals surface area contributed by atoms with Gasteiger partial charge in [-0.25, -0.2) is 9.07 Å². The van der Waals surface area contributed by atoms with Crippen LogP contribution in [0.4, 0.5) is 10.1 Å². The van der Waals surface area contributed by atoms with Gasteiger partial charge in [-0.3, -0.25) is 9.59 Å². The highest BCUT2D eigenvalue weighted by molar-refractivity contribution is 9.10. The molecule has 0 aliphatic rings. The third-order valence-electron chi connectivity index (χ3n) is 3.32. The molecule has 0 saturated heterocycles. The molecule has 1 N–H and O–H groups in total. The summed E-state index contributed by atoms with van der Waals surface area (Å²) in [6, 6.07) is 9.05. The van der Waals surface area contributed by atoms with Gasteiger partial charge >= 0.3 is 0 Å². The third kappa shape index (κ3) is 3.13. The van der Waals surface area contributed by atoms with Crippen molar-refractivity contribution in [1.82, 2.24) is 14.3 Å². The molecule has 24 heavy (non-hydrogen) atoms. The first-order valence-corrected chi connectivity index (χ1v) is 7.73. The molecule has 0 fully saturated rings. The van der Waals surface area contributed by atoms with Crippen molar-refractivity contribution in [3.8, 4) is 5.69 Å². The highest BCUT2D eigenvalue weighted by Gasteiger charge is 2.14. The van der Waals surface area contributed by atoms with Crippen LogP contribution in [0.15, 0.2) is 58.1 Å². The Morgan fingerprint density at radius 1 is 1.29 bits per heavy atom. The zero-order chi connectivity index (χ0) is 17.3. The Kier molecular flexibility index (Phi) is 4.30. The van der Waals surface area contributed by atoms with Crippen molar-refractivity contribution >= 4 is 27.5 Å². The summed E-state index contributed by atoms with van der Waals surface area (Å²) in [6.45, 7) is 0. The molecule has 0 saturated carbocycles. The number of halogens is 2. The molecule has 0 unspecified atom stereocenters. The van der Waals surface area contributed by atoms with Gasteiger partial charge in [-0.15, -0.1) is 0 Å². The van der Waals surface area contributed by atoms with E-state index >= 15 is 0 Å². The van der Waals surface area contributed by atoms with Crippen LogP contribution in [0.3, 0.4) is 0 Å². The number of pyridine rings is 1. The maximum atomic E-state index is 13.8. The first-order valence-electron chi connectivity index (χ1n) is 6.94. The molecule has 0 spiro atoms. The number of para-hydroxylation sites is 1. The van der Waals surface area contributed by atoms with Crippen molar-refractivity contribution in [2.24, 2.45) is 7.05 Å².